The van der Waals surface area contributed by atoms with E-state index >= 15 is 0 Å². The van der Waals surface area contributed by atoms with Gasteiger partial charge in [0.2, 0.25) is 0 Å². The molecule has 0 saturated heterocycles. The highest BCUT2D eigenvalue weighted by Crippen LogP contribution is 2.27. The van der Waals surface area contributed by atoms with Crippen molar-refractivity contribution in [3.63, 3.8) is 0 Å². The number of hydrogen-bond donors (Lipinski definition) is 3. The third kappa shape index (κ3) is 3.15. The van der Waals surface area contributed by atoms with Crippen molar-refractivity contribution < 1.29 is 24.5 Å². The van der Waals surface area contributed by atoms with Crippen molar-refractivity contribution in [3.05, 3.63) is 29.1 Å². The summed E-state index contributed by atoms with van der Waals surface area (Å²) in [5.41, 5.74) is -0.267. The predicted molar refractivity (Wildman–Crippen MR) is 59.8 cm³/mol. The number of carbonyl (C=O) groups is 1. The fourth-order valence-corrected chi connectivity index (χ4v) is 1.62. The number of phenolic OH excluding ortho intramolecular Hbond substituents is 1. The van der Waals surface area contributed by atoms with E-state index in [9.17, 15) is 24.5 Å². The molecule has 0 aliphatic heterocycles. The van der Waals surface area contributed by atoms with Crippen LogP contribution in [0, 0.1) is 5.82 Å². The van der Waals surface area contributed by atoms with Gasteiger partial charge in [0.05, 0.1) is 11.7 Å². The van der Waals surface area contributed by atoms with Gasteiger partial charge in [0.25, 0.3) is 0 Å². The fourth-order valence-electron chi connectivity index (χ4n) is 1.39. The number of aromatic hydroxyl groups is 1. The van der Waals surface area contributed by atoms with Crippen molar-refractivity contribution in [1.82, 2.24) is 0 Å². The van der Waals surface area contributed by atoms with E-state index < -0.39 is 23.8 Å². The number of aliphatic hydroxyl groups is 2. The molecule has 17 heavy (non-hydrogen) atoms. The normalized spacial score (nSPS) is 14.4. The average molecular weight is 263 g/mol. The molecule has 0 bridgehead atoms. The number of aldehydes is 1. The summed E-state index contributed by atoms with van der Waals surface area (Å²) >= 11 is 5.40. The molecule has 0 fully saturated rings. The lowest BCUT2D eigenvalue weighted by Gasteiger charge is -2.17. The third-order valence-electron chi connectivity index (χ3n) is 2.35. The molecule has 3 N–H and O–H groups in total. The van der Waals surface area contributed by atoms with Gasteiger partial charge in [-0.05, 0) is 24.1 Å². The molecule has 0 aromatic heterocycles. The molecule has 1 aromatic rings. The lowest BCUT2D eigenvalue weighted by atomic mass is 10.00. The lowest BCUT2D eigenvalue weighted by molar-refractivity contribution is 0.0167. The highest BCUT2D eigenvalue weighted by atomic mass is 35.5. The Morgan fingerprint density at radius 1 is 1.41 bits per heavy atom. The Morgan fingerprint density at radius 2 is 2.06 bits per heavy atom. The van der Waals surface area contributed by atoms with Gasteiger partial charge < -0.3 is 15.3 Å². The Bertz CT molecular complexity index is 411. The first-order chi connectivity index (χ1) is 8.01. The summed E-state index contributed by atoms with van der Waals surface area (Å²) in [6, 6.07) is 1.98. The summed E-state index contributed by atoms with van der Waals surface area (Å²) < 4.78 is 13.2. The molecule has 0 aliphatic rings. The van der Waals surface area contributed by atoms with E-state index in [1.165, 1.54) is 0 Å². The van der Waals surface area contributed by atoms with Crippen LogP contribution in [0.4, 0.5) is 4.39 Å². The first-order valence-corrected chi connectivity index (χ1v) is 5.44. The largest absolute Gasteiger partial charge is 0.504 e. The molecular weight excluding hydrogens is 251 g/mol. The molecule has 2 unspecified atom stereocenters. The van der Waals surface area contributed by atoms with Crippen molar-refractivity contribution in [2.75, 3.05) is 5.88 Å². The van der Waals surface area contributed by atoms with Crippen LogP contribution in [0.25, 0.3) is 0 Å². The molecule has 94 valence electrons. The van der Waals surface area contributed by atoms with Gasteiger partial charge in [-0.1, -0.05) is 0 Å². The van der Waals surface area contributed by atoms with Gasteiger partial charge in [0.1, 0.15) is 6.10 Å². The Morgan fingerprint density at radius 3 is 2.59 bits per heavy atom. The summed E-state index contributed by atoms with van der Waals surface area (Å²) in [6.07, 6.45) is -2.12. The van der Waals surface area contributed by atoms with Crippen LogP contribution in [-0.2, 0) is 0 Å². The molecular formula is C11H12ClFO4. The summed E-state index contributed by atoms with van der Waals surface area (Å²) in [6.45, 7) is 0. The average Bonchev–Trinajstić information content (AvgIpc) is 2.31. The zero-order valence-electron chi connectivity index (χ0n) is 8.81. The first kappa shape index (κ1) is 13.9. The minimum absolute atomic E-state index is 0.0139. The van der Waals surface area contributed by atoms with Crippen LogP contribution in [0.5, 0.6) is 5.75 Å². The van der Waals surface area contributed by atoms with Gasteiger partial charge in [-0.25, -0.2) is 4.39 Å². The van der Waals surface area contributed by atoms with Crippen molar-refractivity contribution in [2.24, 2.45) is 0 Å². The summed E-state index contributed by atoms with van der Waals surface area (Å²) in [7, 11) is 0. The van der Waals surface area contributed by atoms with Crippen molar-refractivity contribution in [1.29, 1.82) is 0 Å². The molecule has 0 aliphatic carbocycles. The van der Waals surface area contributed by atoms with Gasteiger partial charge in [-0.15, -0.1) is 11.6 Å². The number of phenols is 1. The molecule has 0 spiro atoms. The zero-order valence-corrected chi connectivity index (χ0v) is 9.56. The maximum absolute atomic E-state index is 13.2. The Balaban J connectivity index is 3.06. The number of aliphatic hydroxyl groups excluding tert-OH is 2. The predicted octanol–water partition coefficient (Wildman–Crippen LogP) is 1.37. The molecule has 0 amide bonds. The van der Waals surface area contributed by atoms with Gasteiger partial charge >= 0.3 is 0 Å². The monoisotopic (exact) mass is 262 g/mol. The molecule has 2 atom stereocenters. The van der Waals surface area contributed by atoms with Crippen LogP contribution in [-0.4, -0.2) is 33.6 Å². The topological polar surface area (TPSA) is 77.8 Å². The van der Waals surface area contributed by atoms with Gasteiger partial charge in [-0.3, -0.25) is 4.79 Å². The van der Waals surface area contributed by atoms with Crippen LogP contribution < -0.4 is 0 Å². The second-order valence-electron chi connectivity index (χ2n) is 3.55. The number of alkyl halides is 1. The maximum Gasteiger partial charge on any atom is 0.165 e. The Labute approximate surface area is 102 Å². The van der Waals surface area contributed by atoms with E-state index in [2.05, 4.69) is 0 Å². The van der Waals surface area contributed by atoms with Gasteiger partial charge in [0.15, 0.2) is 17.9 Å². The standard InChI is InChI=1S/C11H12ClFO4/c12-2-1-9(15)11(17)6-3-7(5-14)10(16)8(13)4-6/h3-5,9,11,15-17H,1-2H2. The van der Waals surface area contributed by atoms with Crippen LogP contribution in [0.1, 0.15) is 28.4 Å². The molecule has 1 aromatic carbocycles. The van der Waals surface area contributed by atoms with Crippen LogP contribution >= 0.6 is 11.6 Å². The molecule has 1 rings (SSSR count). The molecule has 0 saturated carbocycles. The van der Waals surface area contributed by atoms with Crippen LogP contribution in [0.15, 0.2) is 12.1 Å². The van der Waals surface area contributed by atoms with Crippen molar-refractivity contribution in [3.8, 4) is 5.75 Å². The highest BCUT2D eigenvalue weighted by Gasteiger charge is 2.20. The van der Waals surface area contributed by atoms with Crippen LogP contribution in [0.2, 0.25) is 0 Å². The fraction of sp³-hybridized carbons (Fsp3) is 0.364. The maximum atomic E-state index is 13.2. The second kappa shape index (κ2) is 5.95. The summed E-state index contributed by atoms with van der Waals surface area (Å²) in [5.74, 6) is -1.66. The number of carbonyl (C=O) groups excluding carboxylic acids is 1. The molecule has 4 nitrogen and oxygen atoms in total. The number of rotatable bonds is 5. The lowest BCUT2D eigenvalue weighted by Crippen LogP contribution is -2.19. The van der Waals surface area contributed by atoms with Gasteiger partial charge in [0, 0.05) is 5.88 Å². The molecule has 0 radical (unpaired) electrons. The SMILES string of the molecule is O=Cc1cc(C(O)C(O)CCCl)cc(F)c1O. The minimum Gasteiger partial charge on any atom is -0.504 e. The van der Waals surface area contributed by atoms with E-state index in [-0.39, 0.29) is 29.7 Å². The molecule has 0 heterocycles. The molecule has 6 heteroatoms. The smallest absolute Gasteiger partial charge is 0.165 e. The Kier molecular flexibility index (Phi) is 4.86. The van der Waals surface area contributed by atoms with Crippen molar-refractivity contribution >= 4 is 17.9 Å². The first-order valence-electron chi connectivity index (χ1n) is 4.91. The highest BCUT2D eigenvalue weighted by molar-refractivity contribution is 6.17. The number of halogens is 2. The second-order valence-corrected chi connectivity index (χ2v) is 3.93. The van der Waals surface area contributed by atoms with E-state index in [1.54, 1.807) is 0 Å². The zero-order chi connectivity index (χ0) is 13.0. The third-order valence-corrected chi connectivity index (χ3v) is 2.57. The number of hydrogen-bond acceptors (Lipinski definition) is 4. The van der Waals surface area contributed by atoms with E-state index in [1.807, 2.05) is 0 Å². The summed E-state index contributed by atoms with van der Waals surface area (Å²) in [4.78, 5) is 10.6. The minimum atomic E-state index is -1.36. The summed E-state index contributed by atoms with van der Waals surface area (Å²) in [5, 5.41) is 28.3. The quantitative estimate of drug-likeness (QED) is 0.553. The van der Waals surface area contributed by atoms with E-state index in [4.69, 9.17) is 11.6 Å². The van der Waals surface area contributed by atoms with Crippen molar-refractivity contribution in [2.45, 2.75) is 18.6 Å². The van der Waals surface area contributed by atoms with E-state index in [0.717, 1.165) is 12.1 Å². The van der Waals surface area contributed by atoms with Crippen LogP contribution in [0.3, 0.4) is 0 Å². The van der Waals surface area contributed by atoms with Gasteiger partial charge in [-0.2, -0.15) is 0 Å². The number of benzene rings is 1. The van der Waals surface area contributed by atoms with E-state index in [0.29, 0.717) is 0 Å². The Hall–Kier alpha value is -1.17.